The van der Waals surface area contributed by atoms with Crippen molar-refractivity contribution in [3.8, 4) is 0 Å². The fraction of sp³-hybridized carbons (Fsp3) is 0.500. The highest BCUT2D eigenvalue weighted by Gasteiger charge is 2.25. The third-order valence-corrected chi connectivity index (χ3v) is 4.82. The van der Waals surface area contributed by atoms with Crippen molar-refractivity contribution in [2.75, 3.05) is 0 Å². The van der Waals surface area contributed by atoms with Gasteiger partial charge in [-0.3, -0.25) is 10.1 Å². The minimum Gasteiger partial charge on any atom is -0.344 e. The van der Waals surface area contributed by atoms with E-state index in [1.165, 1.54) is 41.6 Å². The van der Waals surface area contributed by atoms with Gasteiger partial charge in [0.2, 0.25) is 0 Å². The molecule has 4 heteroatoms. The number of aryl methyl sites for hydroxylation is 3. The van der Waals surface area contributed by atoms with Crippen molar-refractivity contribution in [1.82, 2.24) is 4.57 Å². The van der Waals surface area contributed by atoms with Gasteiger partial charge in [-0.25, -0.2) is 0 Å². The lowest BCUT2D eigenvalue weighted by Gasteiger charge is -2.17. The summed E-state index contributed by atoms with van der Waals surface area (Å²) in [4.78, 5) is 10.9. The van der Waals surface area contributed by atoms with Crippen LogP contribution in [0, 0.1) is 10.1 Å². The maximum atomic E-state index is 11.2. The Bertz CT molecular complexity index is 715. The van der Waals surface area contributed by atoms with Gasteiger partial charge in [-0.05, 0) is 49.7 Å². The van der Waals surface area contributed by atoms with Crippen LogP contribution in [-0.4, -0.2) is 9.49 Å². The van der Waals surface area contributed by atoms with E-state index >= 15 is 0 Å². The summed E-state index contributed by atoms with van der Waals surface area (Å²) in [7, 11) is 0. The minimum absolute atomic E-state index is 0.245. The molecule has 0 radical (unpaired) electrons. The summed E-state index contributed by atoms with van der Waals surface area (Å²) in [5, 5.41) is 12.3. The molecule has 0 bridgehead atoms. The van der Waals surface area contributed by atoms with Gasteiger partial charge in [-0.2, -0.15) is 0 Å². The summed E-state index contributed by atoms with van der Waals surface area (Å²) in [5.41, 5.74) is 5.57. The van der Waals surface area contributed by atoms with E-state index in [1.54, 1.807) is 6.07 Å². The standard InChI is InChI=1S/C16H18N2O2/c19-18(20)12-9-11-5-4-8-17-15-7-3-1-2-6-13(15)14(10-12)16(11)17/h9-10H,1-8H2. The average Bonchev–Trinajstić information content (AvgIpc) is 2.64. The second kappa shape index (κ2) is 4.33. The van der Waals surface area contributed by atoms with Gasteiger partial charge in [0.15, 0.2) is 0 Å². The second-order valence-electron chi connectivity index (χ2n) is 6.00. The number of non-ortho nitro benzene ring substituents is 1. The smallest absolute Gasteiger partial charge is 0.270 e. The molecule has 0 saturated heterocycles. The van der Waals surface area contributed by atoms with Crippen molar-refractivity contribution in [3.63, 3.8) is 0 Å². The molecule has 4 rings (SSSR count). The van der Waals surface area contributed by atoms with E-state index < -0.39 is 0 Å². The summed E-state index contributed by atoms with van der Waals surface area (Å²) >= 11 is 0. The Hall–Kier alpha value is -1.84. The van der Waals surface area contributed by atoms with Crippen molar-refractivity contribution in [3.05, 3.63) is 39.1 Å². The molecule has 2 aliphatic rings. The Morgan fingerprint density at radius 3 is 2.75 bits per heavy atom. The van der Waals surface area contributed by atoms with Gasteiger partial charge in [0, 0.05) is 29.8 Å². The van der Waals surface area contributed by atoms with Crippen molar-refractivity contribution in [2.45, 2.75) is 51.5 Å². The van der Waals surface area contributed by atoms with Gasteiger partial charge in [-0.15, -0.1) is 0 Å². The van der Waals surface area contributed by atoms with Crippen molar-refractivity contribution in [2.24, 2.45) is 0 Å². The largest absolute Gasteiger partial charge is 0.344 e. The quantitative estimate of drug-likeness (QED) is 0.450. The summed E-state index contributed by atoms with van der Waals surface area (Å²) in [6.07, 6.45) is 8.03. The topological polar surface area (TPSA) is 48.1 Å². The predicted molar refractivity (Wildman–Crippen MR) is 78.2 cm³/mol. The Morgan fingerprint density at radius 1 is 1.05 bits per heavy atom. The SMILES string of the molecule is O=[N+]([O-])c1cc2c3c(c1)c1c(n3CCC2)CCCCC1. The molecule has 4 nitrogen and oxygen atoms in total. The number of nitro benzene ring substituents is 1. The molecule has 1 aromatic heterocycles. The molecular weight excluding hydrogens is 252 g/mol. The number of nitrogens with zero attached hydrogens (tertiary/aromatic N) is 2. The first-order valence-electron chi connectivity index (χ1n) is 7.57. The van der Waals surface area contributed by atoms with Gasteiger partial charge >= 0.3 is 0 Å². The lowest BCUT2D eigenvalue weighted by Crippen LogP contribution is -2.10. The van der Waals surface area contributed by atoms with Gasteiger partial charge in [-0.1, -0.05) is 6.42 Å². The molecule has 0 saturated carbocycles. The molecule has 2 aromatic rings. The zero-order valence-corrected chi connectivity index (χ0v) is 11.5. The average molecular weight is 270 g/mol. The lowest BCUT2D eigenvalue weighted by molar-refractivity contribution is -0.384. The van der Waals surface area contributed by atoms with Gasteiger partial charge in [0.05, 0.1) is 10.4 Å². The maximum Gasteiger partial charge on any atom is 0.270 e. The van der Waals surface area contributed by atoms with Crippen LogP contribution >= 0.6 is 0 Å². The van der Waals surface area contributed by atoms with Crippen LogP contribution in [0.3, 0.4) is 0 Å². The molecule has 104 valence electrons. The lowest BCUT2D eigenvalue weighted by atomic mass is 10.00. The number of fused-ring (bicyclic) bond motifs is 3. The number of hydrogen-bond acceptors (Lipinski definition) is 2. The highest BCUT2D eigenvalue weighted by molar-refractivity contribution is 5.91. The molecule has 0 spiro atoms. The third kappa shape index (κ3) is 1.60. The van der Waals surface area contributed by atoms with Crippen LogP contribution in [0.5, 0.6) is 0 Å². The molecule has 1 aliphatic heterocycles. The highest BCUT2D eigenvalue weighted by Crippen LogP contribution is 2.38. The number of rotatable bonds is 1. The molecule has 1 aromatic carbocycles. The van der Waals surface area contributed by atoms with Crippen molar-refractivity contribution >= 4 is 16.6 Å². The van der Waals surface area contributed by atoms with E-state index in [2.05, 4.69) is 4.57 Å². The highest BCUT2D eigenvalue weighted by atomic mass is 16.6. The third-order valence-electron chi connectivity index (χ3n) is 4.82. The van der Waals surface area contributed by atoms with Crippen molar-refractivity contribution in [1.29, 1.82) is 0 Å². The van der Waals surface area contributed by atoms with E-state index in [0.29, 0.717) is 0 Å². The zero-order chi connectivity index (χ0) is 13.7. The van der Waals surface area contributed by atoms with Crippen LogP contribution in [0.4, 0.5) is 5.69 Å². The summed E-state index contributed by atoms with van der Waals surface area (Å²) in [6, 6.07) is 3.60. The second-order valence-corrected chi connectivity index (χ2v) is 6.00. The fourth-order valence-corrected chi connectivity index (χ4v) is 3.99. The summed E-state index contributed by atoms with van der Waals surface area (Å²) in [6.45, 7) is 1.08. The van der Waals surface area contributed by atoms with Crippen LogP contribution in [0.25, 0.3) is 10.9 Å². The Balaban J connectivity index is 2.07. The minimum atomic E-state index is -0.245. The van der Waals surface area contributed by atoms with Gasteiger partial charge in [0.25, 0.3) is 5.69 Å². The number of nitro groups is 1. The molecule has 1 aliphatic carbocycles. The molecular formula is C16H18N2O2. The molecule has 20 heavy (non-hydrogen) atoms. The first-order valence-corrected chi connectivity index (χ1v) is 7.57. The van der Waals surface area contributed by atoms with Crippen LogP contribution in [-0.2, 0) is 25.8 Å². The van der Waals surface area contributed by atoms with E-state index in [-0.39, 0.29) is 10.6 Å². The van der Waals surface area contributed by atoms with E-state index in [0.717, 1.165) is 37.6 Å². The van der Waals surface area contributed by atoms with Crippen LogP contribution in [0.15, 0.2) is 12.1 Å². The van der Waals surface area contributed by atoms with Crippen molar-refractivity contribution < 1.29 is 4.92 Å². The van der Waals surface area contributed by atoms with Crippen LogP contribution < -0.4 is 0 Å². The summed E-state index contributed by atoms with van der Waals surface area (Å²) < 4.78 is 2.46. The number of aromatic nitrogens is 1. The van der Waals surface area contributed by atoms with E-state index in [9.17, 15) is 10.1 Å². The Kier molecular flexibility index (Phi) is 2.59. The number of benzene rings is 1. The fourth-order valence-electron chi connectivity index (χ4n) is 3.99. The molecule has 0 N–H and O–H groups in total. The van der Waals surface area contributed by atoms with Gasteiger partial charge < -0.3 is 4.57 Å². The maximum absolute atomic E-state index is 11.2. The zero-order valence-electron chi connectivity index (χ0n) is 11.5. The molecule has 0 unspecified atom stereocenters. The number of hydrogen-bond donors (Lipinski definition) is 0. The molecule has 0 amide bonds. The van der Waals surface area contributed by atoms with E-state index in [4.69, 9.17) is 0 Å². The Labute approximate surface area is 117 Å². The molecule has 2 heterocycles. The molecule has 0 atom stereocenters. The molecule has 0 fully saturated rings. The van der Waals surface area contributed by atoms with Crippen LogP contribution in [0.2, 0.25) is 0 Å². The predicted octanol–water partition coefficient (Wildman–Crippen LogP) is 3.76. The van der Waals surface area contributed by atoms with Crippen LogP contribution in [0.1, 0.15) is 42.5 Å². The first kappa shape index (κ1) is 11.9. The Morgan fingerprint density at radius 2 is 1.90 bits per heavy atom. The summed E-state index contributed by atoms with van der Waals surface area (Å²) in [5.74, 6) is 0. The first-order chi connectivity index (χ1) is 9.75. The van der Waals surface area contributed by atoms with E-state index in [1.807, 2.05) is 6.07 Å². The van der Waals surface area contributed by atoms with Gasteiger partial charge in [0.1, 0.15) is 0 Å². The monoisotopic (exact) mass is 270 g/mol. The normalized spacial score (nSPS) is 17.8.